The van der Waals surface area contributed by atoms with Crippen molar-refractivity contribution in [1.29, 1.82) is 0 Å². The maximum absolute atomic E-state index is 12.1. The van der Waals surface area contributed by atoms with Crippen LogP contribution >= 0.6 is 24.8 Å². The molecule has 0 spiro atoms. The van der Waals surface area contributed by atoms with E-state index in [0.29, 0.717) is 12.2 Å². The van der Waals surface area contributed by atoms with Crippen molar-refractivity contribution in [2.24, 2.45) is 16.5 Å². The Morgan fingerprint density at radius 3 is 2.42 bits per heavy atom. The monoisotopic (exact) mass is 400 g/mol. The van der Waals surface area contributed by atoms with Crippen molar-refractivity contribution in [1.82, 2.24) is 4.90 Å². The summed E-state index contributed by atoms with van der Waals surface area (Å²) in [5.74, 6) is 0.0882. The topological polar surface area (TPSA) is 93.9 Å². The van der Waals surface area contributed by atoms with E-state index in [0.717, 1.165) is 36.2 Å². The maximum Gasteiger partial charge on any atom is 0.280 e. The van der Waals surface area contributed by atoms with Crippen molar-refractivity contribution >= 4 is 47.5 Å². The van der Waals surface area contributed by atoms with Gasteiger partial charge in [-0.1, -0.05) is 26.0 Å². The average Bonchev–Trinajstić information content (AvgIpc) is 2.57. The van der Waals surface area contributed by atoms with Crippen LogP contribution in [0.5, 0.6) is 5.75 Å². The Kier molecular flexibility index (Phi) is 10.7. The third kappa shape index (κ3) is 6.37. The van der Waals surface area contributed by atoms with Crippen LogP contribution in [0.25, 0.3) is 10.8 Å². The molecule has 26 heavy (non-hydrogen) atoms. The van der Waals surface area contributed by atoms with Gasteiger partial charge in [0.1, 0.15) is 12.4 Å². The lowest BCUT2D eigenvalue weighted by Gasteiger charge is -2.18. The van der Waals surface area contributed by atoms with Gasteiger partial charge in [0.25, 0.3) is 5.91 Å². The minimum atomic E-state index is -0.448. The summed E-state index contributed by atoms with van der Waals surface area (Å²) in [5.41, 5.74) is 11.0. The van der Waals surface area contributed by atoms with E-state index < -0.39 is 5.91 Å². The van der Waals surface area contributed by atoms with Gasteiger partial charge in [-0.2, -0.15) is 4.99 Å². The van der Waals surface area contributed by atoms with Gasteiger partial charge in [0.2, 0.25) is 0 Å². The van der Waals surface area contributed by atoms with Gasteiger partial charge in [-0.05, 0) is 48.1 Å². The number of halogens is 2. The van der Waals surface area contributed by atoms with Crippen molar-refractivity contribution in [3.63, 3.8) is 0 Å². The SMILES string of the molecule is CCN(CC)CCOc1ccc2c(C(=O)N=C(N)N)cccc2c1.Cl.Cl. The van der Waals surface area contributed by atoms with Crippen LogP contribution in [0.1, 0.15) is 24.2 Å². The lowest BCUT2D eigenvalue weighted by atomic mass is 10.0. The number of hydrogen-bond donors (Lipinski definition) is 2. The molecule has 2 rings (SSSR count). The molecule has 0 aromatic heterocycles. The minimum absolute atomic E-state index is 0. The molecule has 0 fully saturated rings. The normalized spacial score (nSPS) is 9.96. The molecule has 0 saturated carbocycles. The number of likely N-dealkylation sites (N-methyl/N-ethyl adjacent to an activating group) is 1. The molecular weight excluding hydrogens is 375 g/mol. The first-order valence-electron chi connectivity index (χ1n) is 8.07. The predicted octanol–water partition coefficient (Wildman–Crippen LogP) is 2.82. The fourth-order valence-corrected chi connectivity index (χ4v) is 2.55. The summed E-state index contributed by atoms with van der Waals surface area (Å²) in [4.78, 5) is 18.0. The second-order valence-corrected chi connectivity index (χ2v) is 5.41. The highest BCUT2D eigenvalue weighted by atomic mass is 35.5. The molecule has 0 aliphatic heterocycles. The van der Waals surface area contributed by atoms with Crippen molar-refractivity contribution in [2.45, 2.75) is 13.8 Å². The molecular formula is C18H26Cl2N4O2. The Hall–Kier alpha value is -2.02. The minimum Gasteiger partial charge on any atom is -0.492 e. The number of rotatable bonds is 7. The first-order valence-corrected chi connectivity index (χ1v) is 8.07. The zero-order valence-electron chi connectivity index (χ0n) is 15.0. The predicted molar refractivity (Wildman–Crippen MR) is 112 cm³/mol. The number of carbonyl (C=O) groups is 1. The molecule has 0 saturated heterocycles. The Labute approximate surface area is 166 Å². The van der Waals surface area contributed by atoms with Crippen LogP contribution in [0, 0.1) is 0 Å². The summed E-state index contributed by atoms with van der Waals surface area (Å²) in [6.07, 6.45) is 0. The van der Waals surface area contributed by atoms with Gasteiger partial charge >= 0.3 is 0 Å². The highest BCUT2D eigenvalue weighted by Gasteiger charge is 2.10. The van der Waals surface area contributed by atoms with Crippen LogP contribution in [-0.2, 0) is 0 Å². The number of hydrogen-bond acceptors (Lipinski definition) is 3. The number of nitrogens with zero attached hydrogens (tertiary/aromatic N) is 2. The highest BCUT2D eigenvalue weighted by Crippen LogP contribution is 2.24. The molecule has 8 heteroatoms. The summed E-state index contributed by atoms with van der Waals surface area (Å²) in [6.45, 7) is 7.79. The molecule has 0 aliphatic carbocycles. The molecule has 144 valence electrons. The number of fused-ring (bicyclic) bond motifs is 1. The second-order valence-electron chi connectivity index (χ2n) is 5.41. The van der Waals surface area contributed by atoms with Gasteiger partial charge in [-0.15, -0.1) is 24.8 Å². The molecule has 2 aromatic carbocycles. The number of carbonyl (C=O) groups excluding carboxylic acids is 1. The summed E-state index contributed by atoms with van der Waals surface area (Å²) in [6, 6.07) is 11.1. The standard InChI is InChI=1S/C18H24N4O2.2ClH/c1-3-22(4-2)10-11-24-14-8-9-15-13(12-14)6-5-7-16(15)17(23)21-18(19)20;;/h5-9,12H,3-4,10-11H2,1-2H3,(H4,19,20,21,23);2*1H. The molecule has 4 N–H and O–H groups in total. The molecule has 2 aromatic rings. The first-order chi connectivity index (χ1) is 11.5. The maximum atomic E-state index is 12.1. The number of guanidine groups is 1. The van der Waals surface area contributed by atoms with Crippen molar-refractivity contribution in [3.05, 3.63) is 42.0 Å². The fraction of sp³-hybridized carbons (Fsp3) is 0.333. The van der Waals surface area contributed by atoms with E-state index in [4.69, 9.17) is 16.2 Å². The number of ether oxygens (including phenoxy) is 1. The average molecular weight is 401 g/mol. The fourth-order valence-electron chi connectivity index (χ4n) is 2.55. The van der Waals surface area contributed by atoms with E-state index in [1.165, 1.54) is 0 Å². The molecule has 0 bridgehead atoms. The number of aliphatic imine (C=N–C) groups is 1. The Morgan fingerprint density at radius 1 is 1.12 bits per heavy atom. The lowest BCUT2D eigenvalue weighted by Crippen LogP contribution is -2.27. The van der Waals surface area contributed by atoms with Crippen LogP contribution in [0.4, 0.5) is 0 Å². The largest absolute Gasteiger partial charge is 0.492 e. The molecule has 1 amide bonds. The second kappa shape index (κ2) is 11.6. The summed E-state index contributed by atoms with van der Waals surface area (Å²) in [7, 11) is 0. The van der Waals surface area contributed by atoms with E-state index in [1.807, 2.05) is 24.3 Å². The van der Waals surface area contributed by atoms with Crippen molar-refractivity contribution in [2.75, 3.05) is 26.2 Å². The van der Waals surface area contributed by atoms with Crippen LogP contribution in [0.15, 0.2) is 41.4 Å². The Balaban J connectivity index is 0.00000312. The van der Waals surface area contributed by atoms with Crippen LogP contribution in [0.2, 0.25) is 0 Å². The summed E-state index contributed by atoms with van der Waals surface area (Å²) in [5, 5.41) is 1.70. The van der Waals surface area contributed by atoms with Crippen LogP contribution in [-0.4, -0.2) is 43.0 Å². The zero-order valence-corrected chi connectivity index (χ0v) is 16.6. The van der Waals surface area contributed by atoms with E-state index in [-0.39, 0.29) is 30.8 Å². The molecule has 0 atom stereocenters. The van der Waals surface area contributed by atoms with Gasteiger partial charge in [0.15, 0.2) is 5.96 Å². The highest BCUT2D eigenvalue weighted by molar-refractivity contribution is 6.10. The van der Waals surface area contributed by atoms with Gasteiger partial charge in [-0.25, -0.2) is 0 Å². The first kappa shape index (κ1) is 24.0. The smallest absolute Gasteiger partial charge is 0.280 e. The van der Waals surface area contributed by atoms with Gasteiger partial charge in [0, 0.05) is 12.1 Å². The third-order valence-corrected chi connectivity index (χ3v) is 3.88. The molecule has 6 nitrogen and oxygen atoms in total. The van der Waals surface area contributed by atoms with E-state index in [2.05, 4.69) is 23.7 Å². The van der Waals surface area contributed by atoms with Crippen LogP contribution in [0.3, 0.4) is 0 Å². The third-order valence-electron chi connectivity index (χ3n) is 3.88. The number of benzene rings is 2. The van der Waals surface area contributed by atoms with Gasteiger partial charge < -0.3 is 21.1 Å². The Morgan fingerprint density at radius 2 is 1.81 bits per heavy atom. The molecule has 0 radical (unpaired) electrons. The molecule has 0 aliphatic rings. The van der Waals surface area contributed by atoms with Crippen LogP contribution < -0.4 is 16.2 Å². The van der Waals surface area contributed by atoms with E-state index >= 15 is 0 Å². The number of nitrogens with two attached hydrogens (primary N) is 2. The molecule has 0 heterocycles. The summed E-state index contributed by atoms with van der Waals surface area (Å²) >= 11 is 0. The van der Waals surface area contributed by atoms with Crippen molar-refractivity contribution < 1.29 is 9.53 Å². The molecule has 0 unspecified atom stereocenters. The summed E-state index contributed by atoms with van der Waals surface area (Å²) < 4.78 is 5.82. The van der Waals surface area contributed by atoms with E-state index in [1.54, 1.807) is 12.1 Å². The van der Waals surface area contributed by atoms with Gasteiger partial charge in [-0.3, -0.25) is 4.79 Å². The Bertz CT molecular complexity index is 745. The van der Waals surface area contributed by atoms with E-state index in [9.17, 15) is 4.79 Å². The van der Waals surface area contributed by atoms with Gasteiger partial charge in [0.05, 0.1) is 0 Å². The van der Waals surface area contributed by atoms with Crippen molar-refractivity contribution in [3.8, 4) is 5.75 Å². The number of amides is 1. The lowest BCUT2D eigenvalue weighted by molar-refractivity contribution is 0.100. The zero-order chi connectivity index (χ0) is 17.5. The quantitative estimate of drug-likeness (QED) is 0.550.